The number of carbonyl (C=O) groups excluding carboxylic acids is 2. The molecule has 6 heterocycles. The van der Waals surface area contributed by atoms with E-state index < -0.39 is 22.5 Å². The van der Waals surface area contributed by atoms with E-state index in [4.69, 9.17) is 0 Å². The van der Waals surface area contributed by atoms with Crippen LogP contribution >= 0.6 is 68.0 Å². The highest BCUT2D eigenvalue weighted by molar-refractivity contribution is 7.37. The molecular formula is C94H78F2N4O2S6. The molecule has 14 heteroatoms. The maximum atomic E-state index is 15.2. The van der Waals surface area contributed by atoms with Crippen LogP contribution < -0.4 is 0 Å². The van der Waals surface area contributed by atoms with Crippen molar-refractivity contribution in [1.29, 1.82) is 21.0 Å². The van der Waals surface area contributed by atoms with Crippen LogP contribution in [0.15, 0.2) is 168 Å². The first kappa shape index (κ1) is 72.6. The van der Waals surface area contributed by atoms with Crippen molar-refractivity contribution in [3.63, 3.8) is 0 Å². The summed E-state index contributed by atoms with van der Waals surface area (Å²) in [7, 11) is 0. The van der Waals surface area contributed by atoms with Gasteiger partial charge in [0.25, 0.3) is 0 Å². The minimum atomic E-state index is -0.872. The number of nitriles is 4. The summed E-state index contributed by atoms with van der Waals surface area (Å²) < 4.78 is 37.1. The second-order valence-corrected chi connectivity index (χ2v) is 35.5. The van der Waals surface area contributed by atoms with Gasteiger partial charge in [0.15, 0.2) is 11.6 Å². The zero-order valence-electron chi connectivity index (χ0n) is 61.0. The first-order valence-corrected chi connectivity index (χ1v) is 43.1. The molecule has 6 nitrogen and oxygen atoms in total. The number of aryl methyl sites for hydroxylation is 4. The molecule has 16 rings (SSSR count). The minimum absolute atomic E-state index is 0.152. The molecule has 0 saturated heterocycles. The number of halogens is 2. The Morgan fingerprint density at radius 3 is 0.944 bits per heavy atom. The van der Waals surface area contributed by atoms with Crippen molar-refractivity contribution in [3.8, 4) is 43.8 Å². The summed E-state index contributed by atoms with van der Waals surface area (Å²) in [6.45, 7) is 9.02. The van der Waals surface area contributed by atoms with E-state index in [0.717, 1.165) is 128 Å². The molecule has 4 aliphatic carbocycles. The van der Waals surface area contributed by atoms with Gasteiger partial charge in [-0.2, -0.15) is 21.0 Å². The summed E-state index contributed by atoms with van der Waals surface area (Å²) in [5.74, 6) is -1.84. The fraction of sp³-hybridized carbons (Fsp3) is 0.277. The molecule has 536 valence electrons. The number of fused-ring (bicyclic) bond motifs is 15. The summed E-state index contributed by atoms with van der Waals surface area (Å²) in [6.07, 6.45) is 26.0. The first-order chi connectivity index (χ1) is 52.8. The molecule has 0 radical (unpaired) electrons. The lowest BCUT2D eigenvalue weighted by molar-refractivity contribution is 0.103. The molecule has 0 aliphatic heterocycles. The second-order valence-electron chi connectivity index (χ2n) is 29.2. The first-order valence-electron chi connectivity index (χ1n) is 38.2. The molecule has 0 saturated carbocycles. The van der Waals surface area contributed by atoms with Gasteiger partial charge in [-0.15, -0.1) is 68.0 Å². The van der Waals surface area contributed by atoms with E-state index in [9.17, 15) is 30.6 Å². The topological polar surface area (TPSA) is 129 Å². The SMILES string of the molecule is CCCCCCc1ccc(C2(c3ccc(CCCCCC)cc3)c3c(sc4cc(/C=C5\C(=O)c6ccc(F)cc6C5=C(C#N)C#N)sc34)-c3sc4c5c(sc4c32)-c2sc3cc(/C=C4\C(=O)c6ccc(F)cc6C4=C(C#N)C#N)sc3c2C5(c2ccc(CCCCCC)cc2)c2ccc(CCCCCC)cc2)cc1. The number of nitrogens with zero attached hydrogens (tertiary/aromatic N) is 4. The fourth-order valence-electron chi connectivity index (χ4n) is 17.4. The third-order valence-corrected chi connectivity index (χ3v) is 30.2. The van der Waals surface area contributed by atoms with Crippen molar-refractivity contribution in [2.75, 3.05) is 0 Å². The molecule has 4 aliphatic rings. The highest BCUT2D eigenvalue weighted by Crippen LogP contribution is 2.72. The standard InChI is InChI=1S/C94H78F2N4O2S6/c1-5-9-13-17-21-55-25-33-61(34-26-55)93(62-35-27-56(28-36-62)22-18-14-10-6-2)79-85-75(49-67(103-85)47-73-77(59(51-97)52-98)71-45-65(95)41-43-69(71)83(73)101)105-87(79)89-81(93)91-92(107-89)82-90(108-91)88-80(86-76(106-88)50-68(104-86)48-74-78(60(53-99)54-100)72-46-66(96)42-44-70(72)84(74)102)94(82,63-37-29-57(30-38-63)23-19-15-11-7-3)64-39-31-58(32-40-64)24-20-16-12-8-4/h25-50H,5-24H2,1-4H3/b73-47-,74-48-. The van der Waals surface area contributed by atoms with Crippen LogP contribution in [0.1, 0.15) is 239 Å². The van der Waals surface area contributed by atoms with Gasteiger partial charge in [0.2, 0.25) is 0 Å². The van der Waals surface area contributed by atoms with Gasteiger partial charge in [-0.25, -0.2) is 8.78 Å². The molecule has 0 atom stereocenters. The van der Waals surface area contributed by atoms with Crippen LogP contribution in [0.3, 0.4) is 0 Å². The summed E-state index contributed by atoms with van der Waals surface area (Å²) in [5.41, 5.74) is 14.2. The van der Waals surface area contributed by atoms with Crippen molar-refractivity contribution in [2.45, 2.75) is 167 Å². The van der Waals surface area contributed by atoms with Gasteiger partial charge in [0.05, 0.1) is 49.1 Å². The lowest BCUT2D eigenvalue weighted by Gasteiger charge is -2.34. The number of benzene rings is 6. The van der Waals surface area contributed by atoms with Crippen LogP contribution in [0, 0.1) is 57.0 Å². The Morgan fingerprint density at radius 1 is 0.352 bits per heavy atom. The lowest BCUT2D eigenvalue weighted by Crippen LogP contribution is -2.29. The number of unbranched alkanes of at least 4 members (excludes halogenated alkanes) is 12. The van der Waals surface area contributed by atoms with E-state index in [0.29, 0.717) is 0 Å². The summed E-state index contributed by atoms with van der Waals surface area (Å²) in [6, 6.07) is 58.5. The Kier molecular flexibility index (Phi) is 20.5. The van der Waals surface area contributed by atoms with Crippen LogP contribution in [0.2, 0.25) is 0 Å². The molecule has 6 aromatic carbocycles. The van der Waals surface area contributed by atoms with Crippen LogP contribution in [0.4, 0.5) is 8.78 Å². The number of Topliss-reactive ketones (excluding diaryl/α,β-unsaturated/α-hetero) is 2. The van der Waals surface area contributed by atoms with E-state index >= 15 is 8.78 Å². The van der Waals surface area contributed by atoms with Gasteiger partial charge < -0.3 is 0 Å². The summed E-state index contributed by atoms with van der Waals surface area (Å²) in [5, 5.41) is 41.6. The predicted octanol–water partition coefficient (Wildman–Crippen LogP) is 27.2. The Morgan fingerprint density at radius 2 is 0.648 bits per heavy atom. The Balaban J connectivity index is 0.970. The van der Waals surface area contributed by atoms with Crippen LogP contribution in [0.25, 0.3) is 71.0 Å². The Hall–Kier alpha value is -9.58. The molecule has 108 heavy (non-hydrogen) atoms. The zero-order valence-corrected chi connectivity index (χ0v) is 65.9. The van der Waals surface area contributed by atoms with Crippen molar-refractivity contribution in [2.24, 2.45) is 0 Å². The normalized spacial score (nSPS) is 14.9. The average Bonchev–Trinajstić information content (AvgIpc) is 1.48. The number of rotatable bonds is 26. The lowest BCUT2D eigenvalue weighted by atomic mass is 9.67. The van der Waals surface area contributed by atoms with Gasteiger partial charge in [-0.1, -0.05) is 202 Å². The molecule has 0 bridgehead atoms. The summed E-state index contributed by atoms with van der Waals surface area (Å²) >= 11 is 10.6. The highest BCUT2D eigenvalue weighted by Gasteiger charge is 2.57. The van der Waals surface area contributed by atoms with E-state index in [1.54, 1.807) is 45.3 Å². The molecule has 6 aromatic heterocycles. The number of hydrogen-bond acceptors (Lipinski definition) is 12. The number of allylic oxidation sites excluding steroid dienone is 6. The van der Waals surface area contributed by atoms with E-state index in [1.165, 1.54) is 161 Å². The van der Waals surface area contributed by atoms with Gasteiger partial charge in [-0.05, 0) is 168 Å². The molecule has 12 aromatic rings. The van der Waals surface area contributed by atoms with Gasteiger partial charge in [0, 0.05) is 74.8 Å². The smallest absolute Gasteiger partial charge is 0.194 e. The number of ketones is 2. The molecule has 0 unspecified atom stereocenters. The third kappa shape index (κ3) is 12.2. The summed E-state index contributed by atoms with van der Waals surface area (Å²) in [4.78, 5) is 35.6. The van der Waals surface area contributed by atoms with Crippen LogP contribution in [-0.2, 0) is 36.5 Å². The Labute approximate surface area is 654 Å². The van der Waals surface area contributed by atoms with Gasteiger partial charge in [-0.3, -0.25) is 9.59 Å². The average molecular weight is 1530 g/mol. The molecule has 0 N–H and O–H groups in total. The Bertz CT molecular complexity index is 5420. The van der Waals surface area contributed by atoms with Crippen molar-refractivity contribution in [3.05, 3.63) is 278 Å². The van der Waals surface area contributed by atoms with Crippen molar-refractivity contribution >= 4 is 131 Å². The van der Waals surface area contributed by atoms with Gasteiger partial charge >= 0.3 is 0 Å². The van der Waals surface area contributed by atoms with E-state index in [2.05, 4.69) is 137 Å². The molecular weight excluding hydrogens is 1450 g/mol. The molecule has 0 spiro atoms. The number of carbonyl (C=O) groups is 2. The second kappa shape index (κ2) is 30.5. The van der Waals surface area contributed by atoms with Crippen molar-refractivity contribution < 1.29 is 18.4 Å². The van der Waals surface area contributed by atoms with E-state index in [-0.39, 0.29) is 67.3 Å². The molecule has 0 fully saturated rings. The maximum absolute atomic E-state index is 15.2. The largest absolute Gasteiger partial charge is 0.289 e. The third-order valence-electron chi connectivity index (χ3n) is 22.6. The van der Waals surface area contributed by atoms with Crippen LogP contribution in [-0.4, -0.2) is 11.6 Å². The predicted molar refractivity (Wildman–Crippen MR) is 446 cm³/mol. The quantitative estimate of drug-likeness (QED) is 0.0302. The zero-order chi connectivity index (χ0) is 74.5. The fourth-order valence-corrected chi connectivity index (χ4v) is 26.2. The highest BCUT2D eigenvalue weighted by atomic mass is 32.1. The molecule has 0 amide bonds. The number of thiophene rings is 6. The maximum Gasteiger partial charge on any atom is 0.194 e. The minimum Gasteiger partial charge on any atom is -0.289 e. The van der Waals surface area contributed by atoms with Crippen LogP contribution in [0.5, 0.6) is 0 Å². The van der Waals surface area contributed by atoms with Gasteiger partial charge in [0.1, 0.15) is 47.1 Å². The van der Waals surface area contributed by atoms with Crippen molar-refractivity contribution in [1.82, 2.24) is 0 Å². The number of hydrogen-bond donors (Lipinski definition) is 0. The van der Waals surface area contributed by atoms with E-state index in [1.807, 2.05) is 59.1 Å². The monoisotopic (exact) mass is 1520 g/mol.